The first-order valence-electron chi connectivity index (χ1n) is 13.5. The van der Waals surface area contributed by atoms with Gasteiger partial charge in [-0.25, -0.2) is 24.0 Å². The van der Waals surface area contributed by atoms with Gasteiger partial charge in [0.05, 0.1) is 19.2 Å². The fourth-order valence-electron chi connectivity index (χ4n) is 5.31. The van der Waals surface area contributed by atoms with Crippen LogP contribution in [-0.4, -0.2) is 109 Å². The van der Waals surface area contributed by atoms with Gasteiger partial charge in [-0.3, -0.25) is 9.59 Å². The number of benzene rings is 1. The summed E-state index contributed by atoms with van der Waals surface area (Å²) in [5.41, 5.74) is 0.721. The van der Waals surface area contributed by atoms with E-state index >= 15 is 0 Å². The quantitative estimate of drug-likeness (QED) is 0.328. The second kappa shape index (κ2) is 13.6. The average molecular weight is 561 g/mol. The van der Waals surface area contributed by atoms with Crippen molar-refractivity contribution in [3.05, 3.63) is 48.3 Å². The number of rotatable bonds is 10. The van der Waals surface area contributed by atoms with Gasteiger partial charge >= 0.3 is 12.1 Å². The largest absolute Gasteiger partial charge is 0.445 e. The van der Waals surface area contributed by atoms with Crippen molar-refractivity contribution in [1.82, 2.24) is 30.5 Å². The summed E-state index contributed by atoms with van der Waals surface area (Å²) in [5, 5.41) is 8.51. The molecule has 1 aromatic rings. The van der Waals surface area contributed by atoms with E-state index in [1.54, 1.807) is 29.1 Å². The molecule has 2 N–H and O–H groups in total. The average Bonchev–Trinajstić information content (AvgIpc) is 3.44. The van der Waals surface area contributed by atoms with E-state index in [9.17, 15) is 23.6 Å². The maximum Gasteiger partial charge on any atom is 0.407 e. The zero-order valence-corrected chi connectivity index (χ0v) is 22.7. The summed E-state index contributed by atoms with van der Waals surface area (Å²) in [5.74, 6) is -0.831. The molecule has 3 aliphatic heterocycles. The summed E-state index contributed by atoms with van der Waals surface area (Å²) in [6.45, 7) is 5.07. The lowest BCUT2D eigenvalue weighted by molar-refractivity contribution is -0.188. The number of hydrazine groups is 1. The molecule has 0 aromatic heterocycles. The summed E-state index contributed by atoms with van der Waals surface area (Å²) in [4.78, 5) is 55.3. The third-order valence-corrected chi connectivity index (χ3v) is 7.21. The van der Waals surface area contributed by atoms with Crippen LogP contribution in [0, 0.1) is 5.82 Å². The molecule has 3 heterocycles. The lowest BCUT2D eigenvalue weighted by Crippen LogP contribution is -2.76. The number of urea groups is 1. The Balaban J connectivity index is 1.49. The van der Waals surface area contributed by atoms with E-state index in [1.807, 2.05) is 0 Å². The summed E-state index contributed by atoms with van der Waals surface area (Å²) in [6, 6.07) is 4.58. The van der Waals surface area contributed by atoms with Gasteiger partial charge in [-0.15, -0.1) is 0 Å². The first kappa shape index (κ1) is 29.3. The second-order valence-electron chi connectivity index (χ2n) is 10.1. The van der Waals surface area contributed by atoms with Crippen molar-refractivity contribution in [2.24, 2.45) is 0 Å². The molecular formula is C27H37FN6O6. The van der Waals surface area contributed by atoms with Crippen LogP contribution in [0.3, 0.4) is 0 Å². The highest BCUT2D eigenvalue weighted by Crippen LogP contribution is 2.29. The van der Waals surface area contributed by atoms with Gasteiger partial charge in [-0.2, -0.15) is 0 Å². The number of ether oxygens (including phenoxy) is 2. The fourth-order valence-corrected chi connectivity index (χ4v) is 5.31. The smallest absolute Gasteiger partial charge is 0.407 e. The number of carbonyl (C=O) groups is 4. The molecule has 3 fully saturated rings. The monoisotopic (exact) mass is 560 g/mol. The van der Waals surface area contributed by atoms with E-state index in [0.29, 0.717) is 26.0 Å². The maximum atomic E-state index is 13.7. The minimum absolute atomic E-state index is 0.0812. The maximum absolute atomic E-state index is 13.7. The number of nitrogens with one attached hydrogen (secondary N) is 2. The van der Waals surface area contributed by atoms with Crippen molar-refractivity contribution in [2.45, 2.75) is 50.5 Å². The third-order valence-electron chi connectivity index (χ3n) is 7.21. The molecule has 40 heavy (non-hydrogen) atoms. The van der Waals surface area contributed by atoms with Crippen LogP contribution in [0.15, 0.2) is 36.9 Å². The zero-order valence-electron chi connectivity index (χ0n) is 22.7. The van der Waals surface area contributed by atoms with Crippen molar-refractivity contribution in [1.29, 1.82) is 0 Å². The Kier molecular flexibility index (Phi) is 9.93. The molecule has 218 valence electrons. The van der Waals surface area contributed by atoms with Crippen LogP contribution < -0.4 is 10.6 Å². The Morgan fingerprint density at radius 3 is 2.70 bits per heavy atom. The molecule has 0 saturated carbocycles. The number of hydrogen-bond acceptors (Lipinski definition) is 7. The van der Waals surface area contributed by atoms with Crippen LogP contribution in [0.1, 0.15) is 31.2 Å². The summed E-state index contributed by atoms with van der Waals surface area (Å²) >= 11 is 0. The first-order chi connectivity index (χ1) is 19.3. The van der Waals surface area contributed by atoms with E-state index in [4.69, 9.17) is 9.47 Å². The molecule has 0 bridgehead atoms. The SMILES string of the molecule is C=CCOC(=O)NCCC[C@H]1C(=O)N(CC2CCCO2)C[C@H]2N1C(=O)CN(C)N2C(=O)NCc1ccc(F)cc1. The molecule has 3 saturated heterocycles. The van der Waals surface area contributed by atoms with E-state index in [-0.39, 0.29) is 56.5 Å². The van der Waals surface area contributed by atoms with Gasteiger partial charge in [-0.1, -0.05) is 24.8 Å². The fraction of sp³-hybridized carbons (Fsp3) is 0.556. The Morgan fingerprint density at radius 2 is 2.00 bits per heavy atom. The van der Waals surface area contributed by atoms with Gasteiger partial charge < -0.3 is 29.9 Å². The van der Waals surface area contributed by atoms with Crippen molar-refractivity contribution in [3.8, 4) is 0 Å². The number of nitrogens with zero attached hydrogens (tertiary/aromatic N) is 4. The number of amides is 5. The van der Waals surface area contributed by atoms with Gasteiger partial charge in [0.15, 0.2) is 0 Å². The van der Waals surface area contributed by atoms with Crippen LogP contribution in [-0.2, 0) is 25.6 Å². The number of piperazine rings is 1. The van der Waals surface area contributed by atoms with E-state index in [0.717, 1.165) is 18.4 Å². The predicted molar refractivity (Wildman–Crippen MR) is 142 cm³/mol. The normalized spacial score (nSPS) is 23.1. The van der Waals surface area contributed by atoms with Crippen LogP contribution in [0.2, 0.25) is 0 Å². The Morgan fingerprint density at radius 1 is 1.23 bits per heavy atom. The summed E-state index contributed by atoms with van der Waals surface area (Å²) in [6.07, 6.45) is 2.50. The zero-order chi connectivity index (χ0) is 28.6. The summed E-state index contributed by atoms with van der Waals surface area (Å²) in [7, 11) is 1.65. The Bertz CT molecular complexity index is 1080. The Hall–Kier alpha value is -3.71. The molecule has 3 atom stereocenters. The summed E-state index contributed by atoms with van der Waals surface area (Å²) < 4.78 is 24.0. The number of halogens is 1. The van der Waals surface area contributed by atoms with Crippen LogP contribution in [0.5, 0.6) is 0 Å². The molecule has 12 nitrogen and oxygen atoms in total. The Labute approximate surface area is 233 Å². The molecule has 1 aromatic carbocycles. The molecule has 3 aliphatic rings. The lowest BCUT2D eigenvalue weighted by atomic mass is 10.0. The highest BCUT2D eigenvalue weighted by molar-refractivity contribution is 5.91. The minimum Gasteiger partial charge on any atom is -0.445 e. The van der Waals surface area contributed by atoms with Crippen LogP contribution in [0.4, 0.5) is 14.0 Å². The molecule has 5 amide bonds. The molecule has 0 spiro atoms. The van der Waals surface area contributed by atoms with Crippen molar-refractivity contribution in [3.63, 3.8) is 0 Å². The number of hydrogen-bond donors (Lipinski definition) is 2. The van der Waals surface area contributed by atoms with Crippen molar-refractivity contribution >= 4 is 23.9 Å². The topological polar surface area (TPSA) is 124 Å². The number of fused-ring (bicyclic) bond motifs is 1. The molecule has 1 unspecified atom stereocenters. The van der Waals surface area contributed by atoms with E-state index in [1.165, 1.54) is 28.1 Å². The molecule has 4 rings (SSSR count). The molecule has 0 radical (unpaired) electrons. The highest BCUT2D eigenvalue weighted by Gasteiger charge is 2.50. The van der Waals surface area contributed by atoms with Crippen molar-refractivity contribution in [2.75, 3.05) is 46.4 Å². The number of likely N-dealkylation sites (N-methyl/N-ethyl adjacent to an activating group) is 1. The van der Waals surface area contributed by atoms with Gasteiger partial charge in [0.25, 0.3) is 0 Å². The molecular weight excluding hydrogens is 523 g/mol. The van der Waals surface area contributed by atoms with E-state index in [2.05, 4.69) is 17.2 Å². The molecule has 0 aliphatic carbocycles. The molecule has 13 heteroatoms. The minimum atomic E-state index is -0.806. The van der Waals surface area contributed by atoms with Gasteiger partial charge in [0, 0.05) is 33.3 Å². The van der Waals surface area contributed by atoms with Gasteiger partial charge in [0.1, 0.15) is 24.6 Å². The predicted octanol–water partition coefficient (Wildman–Crippen LogP) is 1.43. The van der Waals surface area contributed by atoms with Gasteiger partial charge in [0.2, 0.25) is 11.8 Å². The lowest BCUT2D eigenvalue weighted by Gasteiger charge is -2.54. The standard InChI is InChI=1S/C27H37FN6O6/c1-3-13-40-27(38)29-12-4-7-22-25(36)32(16-21-6-5-14-39-21)17-23-33(22)24(35)18-31(2)34(23)26(37)30-15-19-8-10-20(28)11-9-19/h3,8-11,21-23H,1,4-7,12-18H2,2H3,(H,29,38)(H,30,37)/t21?,22-,23-/m0/s1. The van der Waals surface area contributed by atoms with Gasteiger partial charge in [-0.05, 0) is 43.4 Å². The second-order valence-corrected chi connectivity index (χ2v) is 10.1. The first-order valence-corrected chi connectivity index (χ1v) is 13.5. The third kappa shape index (κ3) is 7.07. The number of alkyl carbamates (subject to hydrolysis) is 1. The van der Waals surface area contributed by atoms with Crippen LogP contribution in [0.25, 0.3) is 0 Å². The van der Waals surface area contributed by atoms with Crippen LogP contribution >= 0.6 is 0 Å². The van der Waals surface area contributed by atoms with E-state index < -0.39 is 24.3 Å². The highest BCUT2D eigenvalue weighted by atomic mass is 19.1. The van der Waals surface area contributed by atoms with Crippen molar-refractivity contribution < 1.29 is 33.0 Å². The number of carbonyl (C=O) groups excluding carboxylic acids is 4.